The molecule has 1 amide bonds. The number of aromatic nitrogens is 2. The highest BCUT2D eigenvalue weighted by Crippen LogP contribution is 2.27. The highest BCUT2D eigenvalue weighted by atomic mass is 16.3. The molecule has 0 bridgehead atoms. The molecule has 3 atom stereocenters. The number of likely N-dealkylation sites (tertiary alicyclic amines) is 1. The van der Waals surface area contributed by atoms with Crippen LogP contribution in [0.5, 0.6) is 0 Å². The Morgan fingerprint density at radius 2 is 2.09 bits per heavy atom. The normalized spacial score (nSPS) is 28.9. The molecule has 3 heterocycles. The highest BCUT2D eigenvalue weighted by molar-refractivity contribution is 5.97. The van der Waals surface area contributed by atoms with Gasteiger partial charge in [0.25, 0.3) is 0 Å². The fourth-order valence-electron chi connectivity index (χ4n) is 3.69. The van der Waals surface area contributed by atoms with Crippen LogP contribution in [0, 0.1) is 5.92 Å². The third-order valence-corrected chi connectivity index (χ3v) is 5.00. The molecular weight excluding hydrogens is 280 g/mol. The van der Waals surface area contributed by atoms with E-state index < -0.39 is 0 Å². The Kier molecular flexibility index (Phi) is 4.49. The molecule has 0 spiro atoms. The van der Waals surface area contributed by atoms with Gasteiger partial charge < -0.3 is 5.11 Å². The molecular formula is C16H26N4O2. The van der Waals surface area contributed by atoms with Crippen molar-refractivity contribution in [1.29, 1.82) is 0 Å². The summed E-state index contributed by atoms with van der Waals surface area (Å²) in [4.78, 5) is 17.0. The predicted molar refractivity (Wildman–Crippen MR) is 84.6 cm³/mol. The number of hydrogen-bond donors (Lipinski definition) is 1. The van der Waals surface area contributed by atoms with Gasteiger partial charge in [-0.25, -0.2) is 0 Å². The molecule has 0 aromatic carbocycles. The number of carbonyl (C=O) groups is 1. The Hall–Kier alpha value is -1.40. The molecule has 6 nitrogen and oxygen atoms in total. The summed E-state index contributed by atoms with van der Waals surface area (Å²) in [6.45, 7) is 4.39. The largest absolute Gasteiger partial charge is 0.393 e. The lowest BCUT2D eigenvalue weighted by molar-refractivity contribution is -0.126. The number of nitrogens with zero attached hydrogens (tertiary/aromatic N) is 4. The summed E-state index contributed by atoms with van der Waals surface area (Å²) in [5, 5.41) is 14.2. The lowest BCUT2D eigenvalue weighted by Crippen LogP contribution is -2.55. The average Bonchev–Trinajstić information content (AvgIpc) is 2.94. The molecule has 0 aliphatic carbocycles. The van der Waals surface area contributed by atoms with Crippen LogP contribution in [0.25, 0.3) is 0 Å². The van der Waals surface area contributed by atoms with Crippen LogP contribution in [0.3, 0.4) is 0 Å². The van der Waals surface area contributed by atoms with Gasteiger partial charge in [0.1, 0.15) is 0 Å². The second-order valence-electron chi connectivity index (χ2n) is 6.63. The van der Waals surface area contributed by atoms with Crippen LogP contribution in [0.2, 0.25) is 0 Å². The van der Waals surface area contributed by atoms with Crippen LogP contribution in [-0.2, 0) is 11.8 Å². The summed E-state index contributed by atoms with van der Waals surface area (Å²) >= 11 is 0. The molecule has 2 fully saturated rings. The standard InChI is InChI=1S/C16H26N4O2/c1-12(21)13-5-3-8-19(11-13)14-6-4-9-20(16(14)22)15-7-10-18(2)17-15/h7,10,12-14,21H,3-6,8-9,11H2,1-2H3. The first-order valence-corrected chi connectivity index (χ1v) is 8.29. The highest BCUT2D eigenvalue weighted by Gasteiger charge is 2.37. The smallest absolute Gasteiger partial charge is 0.245 e. The number of aliphatic hydroxyl groups excluding tert-OH is 1. The monoisotopic (exact) mass is 306 g/mol. The molecule has 1 N–H and O–H groups in total. The number of rotatable bonds is 3. The molecule has 3 unspecified atom stereocenters. The van der Waals surface area contributed by atoms with Gasteiger partial charge in [0.2, 0.25) is 5.91 Å². The molecule has 6 heteroatoms. The van der Waals surface area contributed by atoms with Crippen LogP contribution in [-0.4, -0.2) is 57.5 Å². The van der Waals surface area contributed by atoms with E-state index in [0.29, 0.717) is 0 Å². The topological polar surface area (TPSA) is 61.6 Å². The Bertz CT molecular complexity index is 528. The maximum atomic E-state index is 12.9. The van der Waals surface area contributed by atoms with Crippen molar-refractivity contribution in [3.05, 3.63) is 12.3 Å². The zero-order valence-electron chi connectivity index (χ0n) is 13.5. The van der Waals surface area contributed by atoms with E-state index in [9.17, 15) is 9.90 Å². The van der Waals surface area contributed by atoms with E-state index in [1.807, 2.05) is 31.1 Å². The van der Waals surface area contributed by atoms with Gasteiger partial charge in [0.15, 0.2) is 5.82 Å². The maximum Gasteiger partial charge on any atom is 0.245 e. The molecule has 2 saturated heterocycles. The van der Waals surface area contributed by atoms with Crippen LogP contribution >= 0.6 is 0 Å². The number of amides is 1. The first-order chi connectivity index (χ1) is 10.6. The van der Waals surface area contributed by atoms with Gasteiger partial charge in [0, 0.05) is 32.4 Å². The molecule has 2 aliphatic rings. The number of aliphatic hydroxyl groups is 1. The molecule has 122 valence electrons. The van der Waals surface area contributed by atoms with E-state index >= 15 is 0 Å². The lowest BCUT2D eigenvalue weighted by Gasteiger charge is -2.42. The van der Waals surface area contributed by atoms with Crippen molar-refractivity contribution in [2.24, 2.45) is 13.0 Å². The van der Waals surface area contributed by atoms with Crippen molar-refractivity contribution >= 4 is 11.7 Å². The van der Waals surface area contributed by atoms with Crippen LogP contribution in [0.1, 0.15) is 32.6 Å². The van der Waals surface area contributed by atoms with E-state index in [1.165, 1.54) is 0 Å². The molecule has 1 aromatic rings. The Morgan fingerprint density at radius 1 is 1.32 bits per heavy atom. The molecule has 22 heavy (non-hydrogen) atoms. The van der Waals surface area contributed by atoms with E-state index in [4.69, 9.17) is 0 Å². The summed E-state index contributed by atoms with van der Waals surface area (Å²) in [7, 11) is 1.87. The zero-order chi connectivity index (χ0) is 15.7. The molecule has 2 aliphatic heterocycles. The fourth-order valence-corrected chi connectivity index (χ4v) is 3.69. The van der Waals surface area contributed by atoms with Crippen molar-refractivity contribution in [3.8, 4) is 0 Å². The van der Waals surface area contributed by atoms with Gasteiger partial charge in [0.05, 0.1) is 12.1 Å². The first kappa shape index (κ1) is 15.5. The minimum Gasteiger partial charge on any atom is -0.393 e. The molecule has 0 saturated carbocycles. The molecule has 1 aromatic heterocycles. The summed E-state index contributed by atoms with van der Waals surface area (Å²) in [6.07, 6.45) is 5.60. The van der Waals surface area contributed by atoms with E-state index in [2.05, 4.69) is 10.00 Å². The Labute approximate surface area is 131 Å². The van der Waals surface area contributed by atoms with Crippen molar-refractivity contribution in [2.45, 2.75) is 44.8 Å². The van der Waals surface area contributed by atoms with Gasteiger partial charge in [-0.2, -0.15) is 5.10 Å². The summed E-state index contributed by atoms with van der Waals surface area (Å²) in [6, 6.07) is 1.84. The fraction of sp³-hybridized carbons (Fsp3) is 0.750. The van der Waals surface area contributed by atoms with Crippen molar-refractivity contribution in [2.75, 3.05) is 24.5 Å². The van der Waals surface area contributed by atoms with Gasteiger partial charge in [-0.3, -0.25) is 19.3 Å². The van der Waals surface area contributed by atoms with E-state index in [-0.39, 0.29) is 24.0 Å². The molecule has 0 radical (unpaired) electrons. The number of carbonyl (C=O) groups excluding carboxylic acids is 1. The number of hydrogen-bond acceptors (Lipinski definition) is 4. The van der Waals surface area contributed by atoms with Gasteiger partial charge >= 0.3 is 0 Å². The minimum absolute atomic E-state index is 0.0580. The van der Waals surface area contributed by atoms with Gasteiger partial charge in [-0.05, 0) is 45.1 Å². The van der Waals surface area contributed by atoms with Crippen molar-refractivity contribution in [3.63, 3.8) is 0 Å². The van der Waals surface area contributed by atoms with Gasteiger partial charge in [-0.1, -0.05) is 0 Å². The van der Waals surface area contributed by atoms with Crippen molar-refractivity contribution in [1.82, 2.24) is 14.7 Å². The van der Waals surface area contributed by atoms with Crippen LogP contribution in [0.15, 0.2) is 12.3 Å². The van der Waals surface area contributed by atoms with Crippen molar-refractivity contribution < 1.29 is 9.90 Å². The SMILES string of the molecule is CC(O)C1CCCN(C2CCCN(c3ccn(C)n3)C2=O)C1. The predicted octanol–water partition coefficient (Wildman–Crippen LogP) is 1.01. The summed E-state index contributed by atoms with van der Waals surface area (Å²) in [5.74, 6) is 1.20. The van der Waals surface area contributed by atoms with Gasteiger partial charge in [-0.15, -0.1) is 0 Å². The Balaban J connectivity index is 1.72. The van der Waals surface area contributed by atoms with Crippen LogP contribution in [0.4, 0.5) is 5.82 Å². The summed E-state index contributed by atoms with van der Waals surface area (Å²) in [5.41, 5.74) is 0. The number of piperidine rings is 2. The zero-order valence-corrected chi connectivity index (χ0v) is 13.5. The van der Waals surface area contributed by atoms with E-state index in [0.717, 1.165) is 51.1 Å². The lowest BCUT2D eigenvalue weighted by atomic mass is 9.91. The van der Waals surface area contributed by atoms with E-state index in [1.54, 1.807) is 4.68 Å². The Morgan fingerprint density at radius 3 is 2.77 bits per heavy atom. The third kappa shape index (κ3) is 3.03. The second kappa shape index (κ2) is 6.38. The molecule has 3 rings (SSSR count). The third-order valence-electron chi connectivity index (χ3n) is 5.00. The first-order valence-electron chi connectivity index (χ1n) is 8.29. The number of anilines is 1. The second-order valence-corrected chi connectivity index (χ2v) is 6.63. The summed E-state index contributed by atoms with van der Waals surface area (Å²) < 4.78 is 1.73. The van der Waals surface area contributed by atoms with Crippen LogP contribution < -0.4 is 4.90 Å². The average molecular weight is 306 g/mol. The number of aryl methyl sites for hydroxylation is 1. The minimum atomic E-state index is -0.298. The maximum absolute atomic E-state index is 12.9. The quantitative estimate of drug-likeness (QED) is 0.905.